The quantitative estimate of drug-likeness (QED) is 0.582. The molecule has 0 bridgehead atoms. The van der Waals surface area contributed by atoms with Gasteiger partial charge in [0.2, 0.25) is 5.88 Å². The summed E-state index contributed by atoms with van der Waals surface area (Å²) in [5.41, 5.74) is 0.705. The van der Waals surface area contributed by atoms with Crippen molar-refractivity contribution in [3.63, 3.8) is 0 Å². The topological polar surface area (TPSA) is 87.4 Å². The molecule has 2 aromatic carbocycles. The molecule has 0 aliphatic carbocycles. The van der Waals surface area contributed by atoms with Gasteiger partial charge in [0.05, 0.1) is 10.8 Å². The number of hydrogen-bond donors (Lipinski definition) is 0. The van der Waals surface area contributed by atoms with E-state index in [2.05, 4.69) is 9.71 Å². The Hall–Kier alpha value is -1.90. The molecule has 0 atom stereocenters. The molecular weight excluding hydrogens is 411 g/mol. The summed E-state index contributed by atoms with van der Waals surface area (Å²) in [6.07, 6.45) is 1.10. The molecule has 0 spiro atoms. The number of sulfonamides is 1. The van der Waals surface area contributed by atoms with E-state index in [1.807, 2.05) is 6.07 Å². The average Bonchev–Trinajstić information content (AvgIpc) is 2.62. The van der Waals surface area contributed by atoms with E-state index in [0.29, 0.717) is 16.3 Å². The minimum absolute atomic E-state index is 0. The fraction of sp³-hybridized carbons (Fsp3) is 0.0526. The maximum Gasteiger partial charge on any atom is 1.00 e. The van der Waals surface area contributed by atoms with E-state index in [1.165, 1.54) is 24.3 Å². The number of benzene rings is 2. The Bertz CT molecular complexity index is 1070. The molecule has 0 fully saturated rings. The Balaban J connectivity index is 0.00000280. The van der Waals surface area contributed by atoms with Gasteiger partial charge in [-0.25, -0.2) is 13.4 Å². The summed E-state index contributed by atoms with van der Waals surface area (Å²) >= 11 is 5.84. The molecule has 0 saturated carbocycles. The van der Waals surface area contributed by atoms with Gasteiger partial charge in [-0.3, -0.25) is 0 Å². The molecule has 0 radical (unpaired) electrons. The van der Waals surface area contributed by atoms with Crippen LogP contribution < -0.4 is 34.3 Å². The van der Waals surface area contributed by atoms with Gasteiger partial charge in [0.1, 0.15) is 15.8 Å². The van der Waals surface area contributed by atoms with Gasteiger partial charge in [-0.1, -0.05) is 35.9 Å². The first kappa shape index (κ1) is 22.4. The molecule has 0 N–H and O–H groups in total. The van der Waals surface area contributed by atoms with Crippen LogP contribution in [0.2, 0.25) is 5.02 Å². The Morgan fingerprint density at radius 3 is 2.39 bits per heavy atom. The molecule has 1 aromatic heterocycles. The first-order valence-corrected chi connectivity index (χ1v) is 9.64. The van der Waals surface area contributed by atoms with Gasteiger partial charge in [-0.05, 0) is 42.8 Å². The van der Waals surface area contributed by atoms with Crippen LogP contribution >= 0.6 is 11.6 Å². The summed E-state index contributed by atoms with van der Waals surface area (Å²) in [5, 5.41) is 0.449. The van der Waals surface area contributed by atoms with Crippen molar-refractivity contribution >= 4 is 27.5 Å². The summed E-state index contributed by atoms with van der Waals surface area (Å²) < 4.78 is 33.6. The Morgan fingerprint density at radius 1 is 1.07 bits per heavy atom. The van der Waals surface area contributed by atoms with E-state index in [1.54, 1.807) is 37.3 Å². The average molecular weight is 425 g/mol. The standard InChI is InChI=1S/C19H15ClN2O4S.Na/c1-13-11-14(20)7-9-17(13)19(23)22-27(24,25)16-8-10-18(21-12-16)26-15-5-3-2-4-6-15;/h2-12H,1H3,(H,22,23);/q;+1/p-1. The number of carbonyl (C=O) groups is 1. The second kappa shape index (κ2) is 9.54. The number of aromatic nitrogens is 1. The van der Waals surface area contributed by atoms with Crippen molar-refractivity contribution in [3.05, 3.63) is 87.7 Å². The summed E-state index contributed by atoms with van der Waals surface area (Å²) in [6.45, 7) is 1.65. The van der Waals surface area contributed by atoms with Crippen LogP contribution in [0.5, 0.6) is 11.6 Å². The zero-order valence-corrected chi connectivity index (χ0v) is 18.7. The molecule has 9 heteroatoms. The first-order valence-electron chi connectivity index (χ1n) is 7.82. The smallest absolute Gasteiger partial charge is 0.537 e. The molecule has 1 amide bonds. The second-order valence-electron chi connectivity index (χ2n) is 5.58. The fourth-order valence-corrected chi connectivity index (χ4v) is 3.34. The van der Waals surface area contributed by atoms with Gasteiger partial charge in [0.15, 0.2) is 0 Å². The molecule has 28 heavy (non-hydrogen) atoms. The van der Waals surface area contributed by atoms with Crippen molar-refractivity contribution in [2.24, 2.45) is 0 Å². The minimum Gasteiger partial charge on any atom is -0.537 e. The maximum atomic E-state index is 12.4. The van der Waals surface area contributed by atoms with E-state index < -0.39 is 15.9 Å². The van der Waals surface area contributed by atoms with E-state index in [-0.39, 0.29) is 45.9 Å². The number of nitrogens with zero attached hydrogens (tertiary/aromatic N) is 2. The second-order valence-corrected chi connectivity index (χ2v) is 7.62. The minimum atomic E-state index is -4.20. The van der Waals surface area contributed by atoms with Crippen molar-refractivity contribution in [1.29, 1.82) is 0 Å². The summed E-state index contributed by atoms with van der Waals surface area (Å²) in [4.78, 5) is 16.0. The predicted octanol–water partition coefficient (Wildman–Crippen LogP) is 1.74. The van der Waals surface area contributed by atoms with E-state index >= 15 is 0 Å². The Kier molecular flexibility index (Phi) is 7.63. The van der Waals surface area contributed by atoms with Gasteiger partial charge in [0.25, 0.3) is 0 Å². The zero-order chi connectivity index (χ0) is 19.4. The number of halogens is 1. The number of carbonyl (C=O) groups excluding carboxylic acids is 1. The molecular formula is C19H14ClN2NaO4S. The Labute approximate surface area is 190 Å². The number of para-hydroxylation sites is 1. The first-order chi connectivity index (χ1) is 12.8. The number of hydrogen-bond acceptors (Lipinski definition) is 5. The van der Waals surface area contributed by atoms with E-state index in [4.69, 9.17) is 16.3 Å². The van der Waals surface area contributed by atoms with Gasteiger partial charge in [-0.2, -0.15) is 0 Å². The summed E-state index contributed by atoms with van der Waals surface area (Å²) in [6, 6.07) is 16.1. The summed E-state index contributed by atoms with van der Waals surface area (Å²) in [5.74, 6) is -0.0764. The normalized spacial score (nSPS) is 10.6. The SMILES string of the molecule is Cc1cc(Cl)ccc1C(=O)[N-]S(=O)(=O)c1ccc(Oc2ccccc2)nc1.[Na+]. The van der Waals surface area contributed by atoms with Crippen molar-refractivity contribution in [3.8, 4) is 11.6 Å². The van der Waals surface area contributed by atoms with Crippen molar-refractivity contribution in [1.82, 2.24) is 4.98 Å². The number of pyridine rings is 1. The zero-order valence-electron chi connectivity index (χ0n) is 15.2. The molecule has 3 aromatic rings. The van der Waals surface area contributed by atoms with Crippen LogP contribution in [0.4, 0.5) is 0 Å². The van der Waals surface area contributed by atoms with Crippen LogP contribution in [0, 0.1) is 6.92 Å². The van der Waals surface area contributed by atoms with Gasteiger partial charge in [0, 0.05) is 22.8 Å². The van der Waals surface area contributed by atoms with Crippen LogP contribution in [-0.2, 0) is 10.0 Å². The van der Waals surface area contributed by atoms with Gasteiger partial charge < -0.3 is 14.3 Å². The molecule has 1 heterocycles. The van der Waals surface area contributed by atoms with Crippen molar-refractivity contribution < 1.29 is 47.5 Å². The van der Waals surface area contributed by atoms with Crippen LogP contribution in [0.25, 0.3) is 4.72 Å². The van der Waals surface area contributed by atoms with E-state index in [0.717, 1.165) is 6.20 Å². The maximum absolute atomic E-state index is 12.4. The molecule has 138 valence electrons. The molecule has 0 aliphatic rings. The van der Waals surface area contributed by atoms with Crippen LogP contribution in [-0.4, -0.2) is 19.3 Å². The van der Waals surface area contributed by atoms with Crippen LogP contribution in [0.15, 0.2) is 71.8 Å². The molecule has 6 nitrogen and oxygen atoms in total. The third kappa shape index (κ3) is 5.56. The number of amides is 1. The third-order valence-electron chi connectivity index (χ3n) is 3.59. The van der Waals surface area contributed by atoms with Gasteiger partial charge in [-0.15, -0.1) is 0 Å². The number of rotatable bonds is 5. The fourth-order valence-electron chi connectivity index (χ4n) is 2.27. The van der Waals surface area contributed by atoms with Crippen molar-refractivity contribution in [2.45, 2.75) is 11.8 Å². The molecule has 0 saturated heterocycles. The largest absolute Gasteiger partial charge is 1.00 e. The van der Waals surface area contributed by atoms with E-state index in [9.17, 15) is 13.2 Å². The monoisotopic (exact) mass is 424 g/mol. The molecule has 0 unspecified atom stereocenters. The number of ether oxygens (including phenoxy) is 1. The predicted molar refractivity (Wildman–Crippen MR) is 102 cm³/mol. The summed E-state index contributed by atoms with van der Waals surface area (Å²) in [7, 11) is -4.20. The van der Waals surface area contributed by atoms with Crippen LogP contribution in [0.3, 0.4) is 0 Å². The molecule has 3 rings (SSSR count). The third-order valence-corrected chi connectivity index (χ3v) is 5.07. The number of aryl methyl sites for hydroxylation is 1. The Morgan fingerprint density at radius 2 is 1.79 bits per heavy atom. The van der Waals surface area contributed by atoms with Crippen molar-refractivity contribution in [2.75, 3.05) is 0 Å². The van der Waals surface area contributed by atoms with Crippen LogP contribution in [0.1, 0.15) is 15.9 Å². The molecule has 0 aliphatic heterocycles. The van der Waals surface area contributed by atoms with Gasteiger partial charge >= 0.3 is 29.6 Å².